The molecule has 0 bridgehead atoms. The number of hydrogen-bond acceptors (Lipinski definition) is 5. The quantitative estimate of drug-likeness (QED) is 0.424. The van der Waals surface area contributed by atoms with Gasteiger partial charge in [-0.05, 0) is 42.9 Å². The summed E-state index contributed by atoms with van der Waals surface area (Å²) in [6.45, 7) is 3.96. The number of ether oxygens (including phenoxy) is 1. The van der Waals surface area contributed by atoms with Gasteiger partial charge in [0.25, 0.3) is 6.43 Å². The number of anilines is 1. The Kier molecular flexibility index (Phi) is 7.29. The van der Waals surface area contributed by atoms with E-state index in [0.29, 0.717) is 16.3 Å². The van der Waals surface area contributed by atoms with Crippen molar-refractivity contribution in [1.82, 2.24) is 0 Å². The molecule has 0 aromatic heterocycles. The van der Waals surface area contributed by atoms with Gasteiger partial charge in [-0.15, -0.1) is 4.91 Å². The third-order valence-electron chi connectivity index (χ3n) is 4.05. The van der Waals surface area contributed by atoms with Crippen molar-refractivity contribution in [2.24, 2.45) is 5.29 Å². The molecular formula is C19H20F2N2O3S. The molecule has 0 saturated heterocycles. The molecule has 0 aliphatic heterocycles. The van der Waals surface area contributed by atoms with Crippen molar-refractivity contribution in [2.45, 2.75) is 33.3 Å². The van der Waals surface area contributed by atoms with Crippen LogP contribution in [0.3, 0.4) is 0 Å². The Bertz CT molecular complexity index is 831. The second kappa shape index (κ2) is 9.45. The summed E-state index contributed by atoms with van der Waals surface area (Å²) in [5.41, 5.74) is 2.19. The van der Waals surface area contributed by atoms with Crippen LogP contribution < -0.4 is 9.75 Å². The van der Waals surface area contributed by atoms with Crippen molar-refractivity contribution in [3.63, 3.8) is 0 Å². The highest BCUT2D eigenvalue weighted by atomic mass is 32.2. The molecule has 0 spiro atoms. The number of carbonyl (C=O) groups is 1. The highest BCUT2D eigenvalue weighted by Gasteiger charge is 2.22. The van der Waals surface area contributed by atoms with Crippen molar-refractivity contribution in [3.8, 4) is 5.75 Å². The fourth-order valence-corrected chi connectivity index (χ4v) is 2.85. The molecule has 0 N–H and O–H groups in total. The van der Waals surface area contributed by atoms with E-state index in [1.165, 1.54) is 24.0 Å². The van der Waals surface area contributed by atoms with Crippen LogP contribution in [-0.4, -0.2) is 11.5 Å². The first-order valence-electron chi connectivity index (χ1n) is 8.25. The molecule has 1 amide bonds. The van der Waals surface area contributed by atoms with Gasteiger partial charge in [0, 0.05) is 11.1 Å². The van der Waals surface area contributed by atoms with Gasteiger partial charge in [0.15, 0.2) is 0 Å². The van der Waals surface area contributed by atoms with E-state index in [-0.39, 0.29) is 17.9 Å². The molecule has 0 heterocycles. The maximum Gasteiger partial charge on any atom is 0.308 e. The van der Waals surface area contributed by atoms with Gasteiger partial charge in [0.2, 0.25) is 0 Å². The molecule has 144 valence electrons. The molecule has 2 aromatic rings. The summed E-state index contributed by atoms with van der Waals surface area (Å²) >= 11 is 0.761. The molecule has 0 unspecified atom stereocenters. The molecule has 2 rings (SSSR count). The summed E-state index contributed by atoms with van der Waals surface area (Å²) in [6.07, 6.45) is -0.357. The molecule has 0 radical (unpaired) electrons. The zero-order chi connectivity index (χ0) is 20.0. The average molecular weight is 394 g/mol. The number of hydrogen-bond donors (Lipinski definition) is 0. The molecule has 0 aliphatic rings. The van der Waals surface area contributed by atoms with Crippen LogP contribution in [0.4, 0.5) is 19.3 Å². The Balaban J connectivity index is 2.35. The minimum Gasteiger partial charge on any atom is -0.489 e. The normalized spacial score (nSPS) is 10.7. The standard InChI is InChI=1S/C19H20F2N2O3S/c1-4-13-5-8-17(12(2)9-13)26-11-15-7-6-14(18(20)21)10-16(15)23(22-25)19(24)27-3/h5-10,18H,4,11H2,1-3H3. The number of amides is 1. The van der Waals surface area contributed by atoms with Crippen LogP contribution in [0.25, 0.3) is 0 Å². The minimum atomic E-state index is -2.74. The smallest absolute Gasteiger partial charge is 0.308 e. The molecule has 5 nitrogen and oxygen atoms in total. The third kappa shape index (κ3) is 5.03. The second-order valence-corrected chi connectivity index (χ2v) is 6.55. The van der Waals surface area contributed by atoms with Gasteiger partial charge >= 0.3 is 5.24 Å². The monoisotopic (exact) mass is 394 g/mol. The molecule has 27 heavy (non-hydrogen) atoms. The Labute approximate surface area is 160 Å². The van der Waals surface area contributed by atoms with Gasteiger partial charge in [0.05, 0.1) is 11.0 Å². The van der Waals surface area contributed by atoms with Crippen molar-refractivity contribution >= 4 is 22.7 Å². The predicted octanol–water partition coefficient (Wildman–Crippen LogP) is 6.04. The van der Waals surface area contributed by atoms with E-state index in [1.807, 2.05) is 25.1 Å². The topological polar surface area (TPSA) is 59.0 Å². The van der Waals surface area contributed by atoms with Crippen LogP contribution >= 0.6 is 11.8 Å². The van der Waals surface area contributed by atoms with E-state index in [0.717, 1.165) is 29.8 Å². The molecule has 2 aromatic carbocycles. The summed E-state index contributed by atoms with van der Waals surface area (Å²) in [6, 6.07) is 9.53. The Hall–Kier alpha value is -2.48. The molecule has 0 aliphatic carbocycles. The van der Waals surface area contributed by atoms with E-state index < -0.39 is 11.7 Å². The van der Waals surface area contributed by atoms with Crippen LogP contribution in [0, 0.1) is 11.8 Å². The maximum atomic E-state index is 13.1. The summed E-state index contributed by atoms with van der Waals surface area (Å²) < 4.78 is 31.9. The molecular weight excluding hydrogens is 374 g/mol. The predicted molar refractivity (Wildman–Crippen MR) is 103 cm³/mol. The fourth-order valence-electron chi connectivity index (χ4n) is 2.55. The average Bonchev–Trinajstić information content (AvgIpc) is 2.67. The van der Waals surface area contributed by atoms with E-state index in [9.17, 15) is 18.5 Å². The van der Waals surface area contributed by atoms with E-state index in [2.05, 4.69) is 12.2 Å². The summed E-state index contributed by atoms with van der Waals surface area (Å²) in [5.74, 6) is 0.637. The van der Waals surface area contributed by atoms with Crippen LogP contribution in [0.2, 0.25) is 0 Å². The highest BCUT2D eigenvalue weighted by molar-refractivity contribution is 8.13. The fraction of sp³-hybridized carbons (Fsp3) is 0.316. The summed E-state index contributed by atoms with van der Waals surface area (Å²) in [5, 5.41) is 2.60. The first kappa shape index (κ1) is 20.8. The molecule has 0 saturated carbocycles. The van der Waals surface area contributed by atoms with Gasteiger partial charge < -0.3 is 4.74 Å². The lowest BCUT2D eigenvalue weighted by Crippen LogP contribution is -2.22. The Morgan fingerprint density at radius 3 is 2.56 bits per heavy atom. The van der Waals surface area contributed by atoms with Gasteiger partial charge in [-0.2, -0.15) is 5.01 Å². The highest BCUT2D eigenvalue weighted by Crippen LogP contribution is 2.31. The minimum absolute atomic E-state index is 0.00115. The molecule has 0 fully saturated rings. The van der Waals surface area contributed by atoms with Crippen LogP contribution in [0.5, 0.6) is 5.75 Å². The lowest BCUT2D eigenvalue weighted by atomic mass is 10.1. The van der Waals surface area contributed by atoms with Crippen LogP contribution in [-0.2, 0) is 13.0 Å². The first-order chi connectivity index (χ1) is 12.9. The van der Waals surface area contributed by atoms with Gasteiger partial charge in [-0.3, -0.25) is 4.79 Å². The summed E-state index contributed by atoms with van der Waals surface area (Å²) in [7, 11) is 0. The maximum absolute atomic E-state index is 13.1. The van der Waals surface area contributed by atoms with Crippen molar-refractivity contribution < 1.29 is 18.3 Å². The second-order valence-electron chi connectivity index (χ2n) is 5.79. The molecule has 0 atom stereocenters. The lowest BCUT2D eigenvalue weighted by molar-refractivity contribution is 0.151. The lowest BCUT2D eigenvalue weighted by Gasteiger charge is -2.18. The number of nitroso groups, excluding NO2 is 1. The largest absolute Gasteiger partial charge is 0.489 e. The number of benzene rings is 2. The van der Waals surface area contributed by atoms with E-state index >= 15 is 0 Å². The number of thioether (sulfide) groups is 1. The Morgan fingerprint density at radius 2 is 2.00 bits per heavy atom. The first-order valence-corrected chi connectivity index (χ1v) is 9.48. The van der Waals surface area contributed by atoms with Crippen molar-refractivity contribution in [1.29, 1.82) is 0 Å². The third-order valence-corrected chi connectivity index (χ3v) is 4.57. The number of halogens is 2. The number of nitrogens with zero attached hydrogens (tertiary/aromatic N) is 2. The Morgan fingerprint density at radius 1 is 1.26 bits per heavy atom. The van der Waals surface area contributed by atoms with Crippen LogP contribution in [0.1, 0.15) is 35.6 Å². The van der Waals surface area contributed by atoms with Crippen LogP contribution in [0.15, 0.2) is 41.7 Å². The number of alkyl halides is 2. The zero-order valence-electron chi connectivity index (χ0n) is 15.2. The number of carbonyl (C=O) groups excluding carboxylic acids is 1. The number of rotatable bonds is 7. The van der Waals surface area contributed by atoms with Gasteiger partial charge in [0.1, 0.15) is 12.4 Å². The number of aryl methyl sites for hydroxylation is 2. The van der Waals surface area contributed by atoms with E-state index in [1.54, 1.807) is 0 Å². The van der Waals surface area contributed by atoms with E-state index in [4.69, 9.17) is 4.74 Å². The summed E-state index contributed by atoms with van der Waals surface area (Å²) in [4.78, 5) is 23.1. The van der Waals surface area contributed by atoms with Gasteiger partial charge in [-0.1, -0.05) is 43.0 Å². The van der Waals surface area contributed by atoms with Crippen molar-refractivity contribution in [2.75, 3.05) is 11.3 Å². The van der Waals surface area contributed by atoms with Gasteiger partial charge in [-0.25, -0.2) is 8.78 Å². The zero-order valence-corrected chi connectivity index (χ0v) is 16.1. The van der Waals surface area contributed by atoms with Crippen molar-refractivity contribution in [3.05, 3.63) is 63.6 Å². The SMILES string of the molecule is CCc1ccc(OCc2ccc(C(F)F)cc2N(N=O)C(=O)SC)c(C)c1. The molecule has 8 heteroatoms.